The van der Waals surface area contributed by atoms with Crippen molar-refractivity contribution in [2.24, 2.45) is 0 Å². The molecule has 0 bridgehead atoms. The van der Waals surface area contributed by atoms with Gasteiger partial charge in [0.1, 0.15) is 5.01 Å². The lowest BCUT2D eigenvalue weighted by Crippen LogP contribution is -2.15. The zero-order valence-corrected chi connectivity index (χ0v) is 10.6. The quantitative estimate of drug-likeness (QED) is 0.697. The number of rotatable bonds is 7. The summed E-state index contributed by atoms with van der Waals surface area (Å²) in [5.74, 6) is 0.463. The van der Waals surface area contributed by atoms with Gasteiger partial charge in [0, 0.05) is 12.0 Å². The Morgan fingerprint density at radius 3 is 3.00 bits per heavy atom. The van der Waals surface area contributed by atoms with E-state index in [1.165, 1.54) is 0 Å². The number of hydrogen-bond acceptors (Lipinski definition) is 4. The molecule has 15 heavy (non-hydrogen) atoms. The van der Waals surface area contributed by atoms with E-state index in [4.69, 9.17) is 21.1 Å². The molecular formula is C10H16ClNO2S. The lowest BCUT2D eigenvalue weighted by molar-refractivity contribution is -0.0117. The molecule has 0 saturated heterocycles. The third kappa shape index (κ3) is 4.93. The highest BCUT2D eigenvalue weighted by Gasteiger charge is 2.05. The van der Waals surface area contributed by atoms with Gasteiger partial charge < -0.3 is 9.47 Å². The van der Waals surface area contributed by atoms with Gasteiger partial charge in [-0.2, -0.15) is 0 Å². The predicted octanol–water partition coefficient (Wildman–Crippen LogP) is 2.82. The number of aromatic nitrogens is 1. The molecule has 5 heteroatoms. The predicted molar refractivity (Wildman–Crippen MR) is 62.4 cm³/mol. The molecule has 1 heterocycles. The summed E-state index contributed by atoms with van der Waals surface area (Å²) in [6.07, 6.45) is 0.105. The van der Waals surface area contributed by atoms with Crippen LogP contribution in [-0.4, -0.2) is 24.3 Å². The zero-order valence-electron chi connectivity index (χ0n) is 9.03. The number of ether oxygens (including phenoxy) is 2. The Balaban J connectivity index is 2.24. The Morgan fingerprint density at radius 2 is 2.40 bits per heavy atom. The summed E-state index contributed by atoms with van der Waals surface area (Å²) in [7, 11) is 0. The van der Waals surface area contributed by atoms with E-state index in [9.17, 15) is 0 Å². The van der Waals surface area contributed by atoms with Crippen LogP contribution in [0, 0.1) is 0 Å². The summed E-state index contributed by atoms with van der Waals surface area (Å²) in [4.78, 5) is 4.30. The Labute approximate surface area is 99.4 Å². The van der Waals surface area contributed by atoms with E-state index in [0.717, 1.165) is 17.3 Å². The van der Waals surface area contributed by atoms with Crippen LogP contribution in [0.1, 0.15) is 24.5 Å². The van der Waals surface area contributed by atoms with E-state index in [2.05, 4.69) is 4.98 Å². The number of halogens is 1. The highest BCUT2D eigenvalue weighted by molar-refractivity contribution is 7.09. The third-order valence-corrected chi connectivity index (χ3v) is 2.93. The Kier molecular flexibility index (Phi) is 6.17. The van der Waals surface area contributed by atoms with Crippen molar-refractivity contribution in [3.8, 4) is 0 Å². The maximum absolute atomic E-state index is 5.65. The standard InChI is InChI=1S/C10H16ClNO2S/c1-3-13-5-8(2)14-6-10-12-9(4-11)7-15-10/h7-8H,3-6H2,1-2H3. The molecule has 1 aromatic heterocycles. The minimum atomic E-state index is 0.105. The first-order valence-electron chi connectivity index (χ1n) is 4.94. The third-order valence-electron chi connectivity index (χ3n) is 1.78. The smallest absolute Gasteiger partial charge is 0.119 e. The molecule has 0 fully saturated rings. The Morgan fingerprint density at radius 1 is 1.60 bits per heavy atom. The second-order valence-electron chi connectivity index (χ2n) is 3.15. The summed E-state index contributed by atoms with van der Waals surface area (Å²) in [5, 5.41) is 2.92. The summed E-state index contributed by atoms with van der Waals surface area (Å²) in [6.45, 7) is 5.85. The average molecular weight is 250 g/mol. The van der Waals surface area contributed by atoms with Crippen molar-refractivity contribution in [2.75, 3.05) is 13.2 Å². The van der Waals surface area contributed by atoms with Crippen molar-refractivity contribution in [1.29, 1.82) is 0 Å². The fourth-order valence-electron chi connectivity index (χ4n) is 1.02. The molecule has 0 aliphatic rings. The van der Waals surface area contributed by atoms with Crippen LogP contribution in [0.4, 0.5) is 0 Å². The highest BCUT2D eigenvalue weighted by Crippen LogP contribution is 2.13. The molecule has 1 unspecified atom stereocenters. The minimum Gasteiger partial charge on any atom is -0.379 e. The molecule has 0 amide bonds. The minimum absolute atomic E-state index is 0.105. The van der Waals surface area contributed by atoms with Gasteiger partial charge in [-0.1, -0.05) is 0 Å². The second-order valence-corrected chi connectivity index (χ2v) is 4.36. The van der Waals surface area contributed by atoms with Crippen LogP contribution in [0.3, 0.4) is 0 Å². The molecule has 1 rings (SSSR count). The molecule has 0 radical (unpaired) electrons. The van der Waals surface area contributed by atoms with Crippen molar-refractivity contribution in [1.82, 2.24) is 4.98 Å². The van der Waals surface area contributed by atoms with E-state index in [1.807, 2.05) is 19.2 Å². The van der Waals surface area contributed by atoms with E-state index in [1.54, 1.807) is 11.3 Å². The molecule has 0 N–H and O–H groups in total. The van der Waals surface area contributed by atoms with Crippen molar-refractivity contribution in [2.45, 2.75) is 32.4 Å². The largest absolute Gasteiger partial charge is 0.379 e. The van der Waals surface area contributed by atoms with Crippen LogP contribution in [0.2, 0.25) is 0 Å². The number of hydrogen-bond donors (Lipinski definition) is 0. The van der Waals surface area contributed by atoms with E-state index < -0.39 is 0 Å². The van der Waals surface area contributed by atoms with Gasteiger partial charge in [0.2, 0.25) is 0 Å². The molecular weight excluding hydrogens is 234 g/mol. The van der Waals surface area contributed by atoms with Gasteiger partial charge in [-0.15, -0.1) is 22.9 Å². The summed E-state index contributed by atoms with van der Waals surface area (Å²) in [6, 6.07) is 0. The number of alkyl halides is 1. The van der Waals surface area contributed by atoms with Crippen LogP contribution < -0.4 is 0 Å². The van der Waals surface area contributed by atoms with E-state index in [-0.39, 0.29) is 6.10 Å². The normalized spacial score (nSPS) is 13.0. The lowest BCUT2D eigenvalue weighted by atomic mass is 10.4. The summed E-state index contributed by atoms with van der Waals surface area (Å²) < 4.78 is 10.8. The molecule has 1 atom stereocenters. The molecule has 86 valence electrons. The van der Waals surface area contributed by atoms with Crippen LogP contribution in [0.25, 0.3) is 0 Å². The monoisotopic (exact) mass is 249 g/mol. The highest BCUT2D eigenvalue weighted by atomic mass is 35.5. The van der Waals surface area contributed by atoms with Crippen molar-refractivity contribution >= 4 is 22.9 Å². The van der Waals surface area contributed by atoms with E-state index >= 15 is 0 Å². The maximum Gasteiger partial charge on any atom is 0.119 e. The topological polar surface area (TPSA) is 31.4 Å². The van der Waals surface area contributed by atoms with Gasteiger partial charge in [0.15, 0.2) is 0 Å². The molecule has 0 saturated carbocycles. The first-order valence-corrected chi connectivity index (χ1v) is 6.36. The maximum atomic E-state index is 5.65. The molecule has 1 aromatic rings. The van der Waals surface area contributed by atoms with Gasteiger partial charge in [0.25, 0.3) is 0 Å². The lowest BCUT2D eigenvalue weighted by Gasteiger charge is -2.11. The molecule has 0 aromatic carbocycles. The molecule has 0 aliphatic heterocycles. The average Bonchev–Trinajstić information content (AvgIpc) is 2.71. The van der Waals surface area contributed by atoms with Gasteiger partial charge in [-0.25, -0.2) is 4.98 Å². The number of thiazole rings is 1. The second kappa shape index (κ2) is 7.17. The van der Waals surface area contributed by atoms with E-state index in [0.29, 0.717) is 19.1 Å². The van der Waals surface area contributed by atoms with Crippen LogP contribution >= 0.6 is 22.9 Å². The summed E-state index contributed by atoms with van der Waals surface area (Å²) in [5.41, 5.74) is 0.915. The first-order chi connectivity index (χ1) is 7.26. The SMILES string of the molecule is CCOCC(C)OCc1nc(CCl)cs1. The van der Waals surface area contributed by atoms with Crippen molar-refractivity contribution in [3.05, 3.63) is 16.1 Å². The summed E-state index contributed by atoms with van der Waals surface area (Å²) >= 11 is 7.23. The Bertz CT molecular complexity index is 280. The van der Waals surface area contributed by atoms with Gasteiger partial charge in [0.05, 0.1) is 30.9 Å². The molecule has 0 aliphatic carbocycles. The van der Waals surface area contributed by atoms with Gasteiger partial charge >= 0.3 is 0 Å². The molecule has 0 spiro atoms. The number of nitrogens with zero attached hydrogens (tertiary/aromatic N) is 1. The first kappa shape index (κ1) is 12.9. The van der Waals surface area contributed by atoms with Gasteiger partial charge in [-0.3, -0.25) is 0 Å². The van der Waals surface area contributed by atoms with Crippen molar-refractivity contribution < 1.29 is 9.47 Å². The molecule has 3 nitrogen and oxygen atoms in total. The van der Waals surface area contributed by atoms with Crippen LogP contribution in [-0.2, 0) is 22.0 Å². The Hall–Kier alpha value is -0.160. The van der Waals surface area contributed by atoms with Gasteiger partial charge in [-0.05, 0) is 13.8 Å². The fourth-order valence-corrected chi connectivity index (χ4v) is 1.96. The fraction of sp³-hybridized carbons (Fsp3) is 0.700. The zero-order chi connectivity index (χ0) is 11.1. The van der Waals surface area contributed by atoms with Crippen LogP contribution in [0.15, 0.2) is 5.38 Å². The van der Waals surface area contributed by atoms with Crippen molar-refractivity contribution in [3.63, 3.8) is 0 Å². The van der Waals surface area contributed by atoms with Crippen LogP contribution in [0.5, 0.6) is 0 Å².